The van der Waals surface area contributed by atoms with Crippen LogP contribution in [-0.2, 0) is 4.79 Å². The molecule has 5 nitrogen and oxygen atoms in total. The maximum Gasteiger partial charge on any atom is 0.321 e. The van der Waals surface area contributed by atoms with Gasteiger partial charge in [0.05, 0.1) is 4.87 Å². The van der Waals surface area contributed by atoms with Gasteiger partial charge in [0, 0.05) is 42.5 Å². The third-order valence-electron chi connectivity index (χ3n) is 6.65. The predicted octanol–water partition coefficient (Wildman–Crippen LogP) is 5.21. The normalized spacial score (nSPS) is 21.7. The minimum absolute atomic E-state index is 0.0794. The molecule has 3 aliphatic rings. The first-order valence-electron chi connectivity index (χ1n) is 10.8. The maximum absolute atomic E-state index is 13.0. The van der Waals surface area contributed by atoms with Gasteiger partial charge >= 0.3 is 6.03 Å². The Hall–Kier alpha value is -1.40. The highest BCUT2D eigenvalue weighted by molar-refractivity contribution is 8.00. The number of urea groups is 1. The number of anilines is 1. The molecule has 1 saturated carbocycles. The number of carbonyl (C=O) groups is 2. The van der Waals surface area contributed by atoms with Gasteiger partial charge in [0.15, 0.2) is 0 Å². The highest BCUT2D eigenvalue weighted by atomic mass is 35.5. The molecule has 1 aromatic carbocycles. The molecule has 0 unspecified atom stereocenters. The first-order valence-corrected chi connectivity index (χ1v) is 12.2. The van der Waals surface area contributed by atoms with Crippen molar-refractivity contribution >= 4 is 41.0 Å². The number of rotatable bonds is 4. The number of amides is 3. The van der Waals surface area contributed by atoms with Crippen molar-refractivity contribution in [1.29, 1.82) is 0 Å². The summed E-state index contributed by atoms with van der Waals surface area (Å²) in [5.74, 6) is 2.08. The van der Waals surface area contributed by atoms with Crippen molar-refractivity contribution in [2.24, 2.45) is 5.92 Å². The molecule has 0 bridgehead atoms. The molecule has 3 fully saturated rings. The fourth-order valence-electron chi connectivity index (χ4n) is 4.93. The molecule has 1 N–H and O–H groups in total. The third kappa shape index (κ3) is 4.85. The lowest BCUT2D eigenvalue weighted by molar-refractivity contribution is -0.134. The lowest BCUT2D eigenvalue weighted by Gasteiger charge is -2.44. The number of benzene rings is 1. The highest BCUT2D eigenvalue weighted by Gasteiger charge is 2.46. The summed E-state index contributed by atoms with van der Waals surface area (Å²) in [5.41, 5.74) is 0.749. The van der Waals surface area contributed by atoms with E-state index in [4.69, 9.17) is 11.6 Å². The number of piperidine rings is 1. The van der Waals surface area contributed by atoms with E-state index in [1.54, 1.807) is 12.1 Å². The number of nitrogens with zero attached hydrogens (tertiary/aromatic N) is 2. The van der Waals surface area contributed by atoms with Crippen LogP contribution < -0.4 is 5.32 Å². The van der Waals surface area contributed by atoms with Crippen LogP contribution >= 0.6 is 23.4 Å². The summed E-state index contributed by atoms with van der Waals surface area (Å²) < 4.78 is 0. The molecule has 158 valence electrons. The average Bonchev–Trinajstić information content (AvgIpc) is 3.39. The smallest absolute Gasteiger partial charge is 0.321 e. The maximum atomic E-state index is 13.0. The van der Waals surface area contributed by atoms with Gasteiger partial charge in [-0.1, -0.05) is 37.3 Å². The molecule has 7 heteroatoms. The molecule has 0 aromatic heterocycles. The van der Waals surface area contributed by atoms with E-state index in [9.17, 15) is 9.59 Å². The molecule has 1 aliphatic carbocycles. The Morgan fingerprint density at radius 3 is 2.48 bits per heavy atom. The van der Waals surface area contributed by atoms with Crippen LogP contribution in [0, 0.1) is 5.92 Å². The van der Waals surface area contributed by atoms with Crippen LogP contribution in [0.15, 0.2) is 24.3 Å². The van der Waals surface area contributed by atoms with Crippen LogP contribution in [-0.4, -0.2) is 52.0 Å². The molecular weight excluding hydrogens is 406 g/mol. The molecule has 1 spiro atoms. The van der Waals surface area contributed by atoms with E-state index in [1.807, 2.05) is 28.8 Å². The summed E-state index contributed by atoms with van der Waals surface area (Å²) in [5, 5.41) is 3.60. The molecule has 2 heterocycles. The van der Waals surface area contributed by atoms with E-state index in [0.29, 0.717) is 30.4 Å². The van der Waals surface area contributed by atoms with E-state index in [0.717, 1.165) is 43.2 Å². The zero-order valence-electron chi connectivity index (χ0n) is 16.9. The van der Waals surface area contributed by atoms with Gasteiger partial charge < -0.3 is 15.1 Å². The Balaban J connectivity index is 1.30. The second-order valence-electron chi connectivity index (χ2n) is 8.45. The van der Waals surface area contributed by atoms with Crippen LogP contribution in [0.3, 0.4) is 0 Å². The number of hydrogen-bond acceptors (Lipinski definition) is 3. The van der Waals surface area contributed by atoms with Crippen LogP contribution in [0.25, 0.3) is 0 Å². The van der Waals surface area contributed by atoms with E-state index >= 15 is 0 Å². The number of halogens is 1. The summed E-state index contributed by atoms with van der Waals surface area (Å²) in [6.07, 6.45) is 8.68. The lowest BCUT2D eigenvalue weighted by atomic mass is 9.99. The molecule has 4 rings (SSSR count). The van der Waals surface area contributed by atoms with Gasteiger partial charge in [-0.2, -0.15) is 0 Å². The van der Waals surface area contributed by atoms with Gasteiger partial charge in [0.25, 0.3) is 0 Å². The second kappa shape index (κ2) is 9.17. The highest BCUT2D eigenvalue weighted by Crippen LogP contribution is 2.44. The van der Waals surface area contributed by atoms with E-state index in [1.165, 1.54) is 25.7 Å². The topological polar surface area (TPSA) is 52.7 Å². The van der Waals surface area contributed by atoms with E-state index in [2.05, 4.69) is 10.2 Å². The predicted molar refractivity (Wildman–Crippen MR) is 119 cm³/mol. The Bertz CT molecular complexity index is 728. The minimum atomic E-state index is -0.107. The lowest BCUT2D eigenvalue weighted by Crippen LogP contribution is -2.54. The molecule has 2 aliphatic heterocycles. The molecule has 29 heavy (non-hydrogen) atoms. The first-order chi connectivity index (χ1) is 14.1. The van der Waals surface area contributed by atoms with Crippen LogP contribution in [0.4, 0.5) is 10.5 Å². The van der Waals surface area contributed by atoms with Gasteiger partial charge in [0.2, 0.25) is 5.91 Å². The van der Waals surface area contributed by atoms with E-state index in [-0.39, 0.29) is 10.9 Å². The van der Waals surface area contributed by atoms with E-state index < -0.39 is 0 Å². The van der Waals surface area contributed by atoms with Crippen molar-refractivity contribution < 1.29 is 9.59 Å². The largest absolute Gasteiger partial charge is 0.327 e. The van der Waals surface area contributed by atoms with Gasteiger partial charge in [0.1, 0.15) is 0 Å². The fraction of sp³-hybridized carbons (Fsp3) is 0.636. The Morgan fingerprint density at radius 1 is 1.10 bits per heavy atom. The summed E-state index contributed by atoms with van der Waals surface area (Å²) in [4.78, 5) is 29.5. The van der Waals surface area contributed by atoms with Crippen molar-refractivity contribution in [3.05, 3.63) is 29.3 Å². The van der Waals surface area contributed by atoms with Gasteiger partial charge in [-0.25, -0.2) is 4.79 Å². The van der Waals surface area contributed by atoms with Crippen molar-refractivity contribution in [2.75, 3.05) is 30.7 Å². The standard InChI is InChI=1S/C22H30ClN3O2S/c23-18-6-8-19(9-7-18)24-21(28)25-13-11-22(12-14-25)26(15-16-29-22)20(27)10-5-17-3-1-2-4-17/h6-9,17H,1-5,10-16H2,(H,24,28). The van der Waals surface area contributed by atoms with Crippen molar-refractivity contribution in [3.63, 3.8) is 0 Å². The zero-order chi connectivity index (χ0) is 20.3. The van der Waals surface area contributed by atoms with Gasteiger partial charge in [-0.3, -0.25) is 4.79 Å². The Morgan fingerprint density at radius 2 is 1.79 bits per heavy atom. The quantitative estimate of drug-likeness (QED) is 0.706. The van der Waals surface area contributed by atoms with Gasteiger partial charge in [-0.15, -0.1) is 11.8 Å². The third-order valence-corrected chi connectivity index (χ3v) is 8.45. The molecule has 3 amide bonds. The second-order valence-corrected chi connectivity index (χ2v) is 10.3. The number of thioether (sulfide) groups is 1. The monoisotopic (exact) mass is 435 g/mol. The fourth-order valence-corrected chi connectivity index (χ4v) is 6.53. The number of likely N-dealkylation sites (tertiary alicyclic amines) is 1. The number of carbonyl (C=O) groups excluding carboxylic acids is 2. The number of nitrogens with one attached hydrogen (secondary N) is 1. The molecule has 0 radical (unpaired) electrons. The number of hydrogen-bond donors (Lipinski definition) is 1. The van der Waals surface area contributed by atoms with Crippen LogP contribution in [0.1, 0.15) is 51.4 Å². The Labute approximate surface area is 182 Å². The summed E-state index contributed by atoms with van der Waals surface area (Å²) >= 11 is 7.82. The van der Waals surface area contributed by atoms with Crippen LogP contribution in [0.2, 0.25) is 5.02 Å². The Kier molecular flexibility index (Phi) is 6.60. The molecule has 0 atom stereocenters. The van der Waals surface area contributed by atoms with Gasteiger partial charge in [-0.05, 0) is 49.4 Å². The molecule has 2 saturated heterocycles. The minimum Gasteiger partial charge on any atom is -0.327 e. The SMILES string of the molecule is O=C(Nc1ccc(Cl)cc1)N1CCC2(CC1)SCCN2C(=O)CCC1CCCC1. The van der Waals surface area contributed by atoms with Crippen molar-refractivity contribution in [2.45, 2.75) is 56.2 Å². The van der Waals surface area contributed by atoms with Crippen molar-refractivity contribution in [3.8, 4) is 0 Å². The zero-order valence-corrected chi connectivity index (χ0v) is 18.4. The summed E-state index contributed by atoms with van der Waals surface area (Å²) in [6.45, 7) is 2.21. The average molecular weight is 436 g/mol. The molecular formula is C22H30ClN3O2S. The summed E-state index contributed by atoms with van der Waals surface area (Å²) in [7, 11) is 0. The first kappa shape index (κ1) is 20.9. The molecule has 1 aromatic rings. The summed E-state index contributed by atoms with van der Waals surface area (Å²) in [6, 6.07) is 7.08. The van der Waals surface area contributed by atoms with Crippen molar-refractivity contribution in [1.82, 2.24) is 9.80 Å². The van der Waals surface area contributed by atoms with Crippen LogP contribution in [0.5, 0.6) is 0 Å².